The molecule has 1 saturated heterocycles. The van der Waals surface area contributed by atoms with Gasteiger partial charge in [-0.3, -0.25) is 0 Å². The molecule has 1 aliphatic heterocycles. The molecule has 1 aliphatic rings. The van der Waals surface area contributed by atoms with Gasteiger partial charge in [0.2, 0.25) is 0 Å². The Hall–Kier alpha value is -1.16. The maximum absolute atomic E-state index is 12.8. The van der Waals surface area contributed by atoms with Crippen LogP contribution in [0.3, 0.4) is 0 Å². The summed E-state index contributed by atoms with van der Waals surface area (Å²) in [7, 11) is 0. The number of nitrogens with two attached hydrogens (primary N) is 1. The number of benzene rings is 1. The van der Waals surface area contributed by atoms with Crippen molar-refractivity contribution in [2.45, 2.75) is 25.3 Å². The van der Waals surface area contributed by atoms with E-state index in [1.807, 2.05) is 36.1 Å². The first-order valence-electron chi connectivity index (χ1n) is 5.40. The summed E-state index contributed by atoms with van der Waals surface area (Å²) in [5.41, 5.74) is 6.45. The fourth-order valence-electron chi connectivity index (χ4n) is 2.16. The molecular formula is C12H16F2N2. The van der Waals surface area contributed by atoms with E-state index in [-0.39, 0.29) is 6.54 Å². The highest BCUT2D eigenvalue weighted by atomic mass is 19.3. The standard InChI is InChI=1S/C12H16F2N2/c1-9-4-2-3-5-10(9)16-7-6-12(15,8-16)11(13)14/h2-5,11H,6-8,15H2,1H3. The molecule has 1 heterocycles. The van der Waals surface area contributed by atoms with Crippen molar-refractivity contribution in [2.24, 2.45) is 5.73 Å². The lowest BCUT2D eigenvalue weighted by Crippen LogP contribution is -2.49. The highest BCUT2D eigenvalue weighted by Crippen LogP contribution is 2.30. The molecule has 1 aromatic carbocycles. The van der Waals surface area contributed by atoms with Gasteiger partial charge in [0.1, 0.15) is 0 Å². The van der Waals surface area contributed by atoms with Crippen molar-refractivity contribution in [2.75, 3.05) is 18.0 Å². The van der Waals surface area contributed by atoms with Crippen molar-refractivity contribution < 1.29 is 8.78 Å². The van der Waals surface area contributed by atoms with E-state index in [0.29, 0.717) is 13.0 Å². The molecule has 2 N–H and O–H groups in total. The molecule has 4 heteroatoms. The van der Waals surface area contributed by atoms with E-state index in [4.69, 9.17) is 5.73 Å². The van der Waals surface area contributed by atoms with Gasteiger partial charge in [0.05, 0.1) is 5.54 Å². The number of nitrogens with zero attached hydrogens (tertiary/aromatic N) is 1. The van der Waals surface area contributed by atoms with Gasteiger partial charge < -0.3 is 10.6 Å². The van der Waals surface area contributed by atoms with Gasteiger partial charge >= 0.3 is 0 Å². The van der Waals surface area contributed by atoms with E-state index in [1.165, 1.54) is 0 Å². The molecule has 88 valence electrons. The van der Waals surface area contributed by atoms with Gasteiger partial charge in [0.15, 0.2) is 0 Å². The van der Waals surface area contributed by atoms with Gasteiger partial charge in [-0.1, -0.05) is 18.2 Å². The van der Waals surface area contributed by atoms with Crippen molar-refractivity contribution in [1.82, 2.24) is 0 Å². The smallest absolute Gasteiger partial charge is 0.258 e. The third-order valence-corrected chi connectivity index (χ3v) is 3.22. The van der Waals surface area contributed by atoms with Crippen LogP contribution in [0.1, 0.15) is 12.0 Å². The number of halogens is 2. The van der Waals surface area contributed by atoms with Crippen LogP contribution in [-0.4, -0.2) is 25.1 Å². The summed E-state index contributed by atoms with van der Waals surface area (Å²) in [6.07, 6.45) is -2.11. The van der Waals surface area contributed by atoms with Gasteiger partial charge in [-0.2, -0.15) is 0 Å². The molecule has 2 nitrogen and oxygen atoms in total. The lowest BCUT2D eigenvalue weighted by atomic mass is 10.0. The van der Waals surface area contributed by atoms with Gasteiger partial charge in [-0.15, -0.1) is 0 Å². The maximum atomic E-state index is 12.8. The maximum Gasteiger partial charge on any atom is 0.258 e. The predicted octanol–water partition coefficient (Wildman–Crippen LogP) is 2.17. The summed E-state index contributed by atoms with van der Waals surface area (Å²) in [6, 6.07) is 7.79. The molecule has 1 aromatic rings. The Balaban J connectivity index is 2.18. The van der Waals surface area contributed by atoms with Crippen LogP contribution in [0.4, 0.5) is 14.5 Å². The molecule has 0 amide bonds. The normalized spacial score (nSPS) is 25.4. The van der Waals surface area contributed by atoms with Crippen molar-refractivity contribution >= 4 is 5.69 Å². The average molecular weight is 226 g/mol. The Kier molecular flexibility index (Phi) is 2.84. The molecule has 0 saturated carbocycles. The van der Waals surface area contributed by atoms with Crippen LogP contribution in [-0.2, 0) is 0 Å². The van der Waals surface area contributed by atoms with E-state index in [2.05, 4.69) is 0 Å². The lowest BCUT2D eigenvalue weighted by molar-refractivity contribution is 0.0655. The van der Waals surface area contributed by atoms with Crippen LogP contribution in [0.5, 0.6) is 0 Å². The third kappa shape index (κ3) is 1.89. The van der Waals surface area contributed by atoms with E-state index >= 15 is 0 Å². The highest BCUT2D eigenvalue weighted by Gasteiger charge is 2.42. The van der Waals surface area contributed by atoms with Crippen LogP contribution in [0.2, 0.25) is 0 Å². The Morgan fingerprint density at radius 1 is 1.38 bits per heavy atom. The molecule has 1 atom stereocenters. The average Bonchev–Trinajstić information content (AvgIpc) is 2.63. The molecule has 0 bridgehead atoms. The minimum absolute atomic E-state index is 0.232. The monoisotopic (exact) mass is 226 g/mol. The molecule has 2 rings (SSSR count). The zero-order chi connectivity index (χ0) is 11.8. The SMILES string of the molecule is Cc1ccccc1N1CCC(N)(C(F)F)C1. The number of rotatable bonds is 2. The second-order valence-electron chi connectivity index (χ2n) is 4.49. The highest BCUT2D eigenvalue weighted by molar-refractivity contribution is 5.54. The van der Waals surface area contributed by atoms with Gasteiger partial charge in [-0.25, -0.2) is 8.78 Å². The molecule has 0 aliphatic carbocycles. The number of para-hydroxylation sites is 1. The Labute approximate surface area is 94.0 Å². The number of hydrogen-bond acceptors (Lipinski definition) is 2. The summed E-state index contributed by atoms with van der Waals surface area (Å²) in [5.74, 6) is 0. The second kappa shape index (κ2) is 4.01. The summed E-state index contributed by atoms with van der Waals surface area (Å²) in [5, 5.41) is 0. The zero-order valence-corrected chi connectivity index (χ0v) is 9.29. The van der Waals surface area contributed by atoms with E-state index in [9.17, 15) is 8.78 Å². The first kappa shape index (κ1) is 11.3. The summed E-state index contributed by atoms with van der Waals surface area (Å²) in [4.78, 5) is 1.95. The van der Waals surface area contributed by atoms with Crippen LogP contribution in [0.15, 0.2) is 24.3 Å². The summed E-state index contributed by atoms with van der Waals surface area (Å²) >= 11 is 0. The van der Waals surface area contributed by atoms with Crippen LogP contribution < -0.4 is 10.6 Å². The quantitative estimate of drug-likeness (QED) is 0.837. The Morgan fingerprint density at radius 2 is 2.06 bits per heavy atom. The molecule has 1 unspecified atom stereocenters. The van der Waals surface area contributed by atoms with Crippen molar-refractivity contribution in [3.8, 4) is 0 Å². The van der Waals surface area contributed by atoms with Crippen LogP contribution >= 0.6 is 0 Å². The fourth-order valence-corrected chi connectivity index (χ4v) is 2.16. The second-order valence-corrected chi connectivity index (χ2v) is 4.49. The Bertz CT molecular complexity index is 381. The molecule has 16 heavy (non-hydrogen) atoms. The first-order valence-corrected chi connectivity index (χ1v) is 5.40. The van der Waals surface area contributed by atoms with Gasteiger partial charge in [0, 0.05) is 18.8 Å². The number of anilines is 1. The molecule has 0 spiro atoms. The van der Waals surface area contributed by atoms with Crippen molar-refractivity contribution in [1.29, 1.82) is 0 Å². The van der Waals surface area contributed by atoms with Gasteiger partial charge in [0.25, 0.3) is 6.43 Å². The minimum Gasteiger partial charge on any atom is -0.369 e. The summed E-state index contributed by atoms with van der Waals surface area (Å²) in [6.45, 7) is 2.81. The molecular weight excluding hydrogens is 210 g/mol. The topological polar surface area (TPSA) is 29.3 Å². The predicted molar refractivity (Wildman–Crippen MR) is 60.9 cm³/mol. The largest absolute Gasteiger partial charge is 0.369 e. The number of alkyl halides is 2. The Morgan fingerprint density at radius 3 is 2.62 bits per heavy atom. The number of hydrogen-bond donors (Lipinski definition) is 1. The van der Waals surface area contributed by atoms with E-state index in [1.54, 1.807) is 0 Å². The first-order chi connectivity index (χ1) is 7.53. The molecule has 0 radical (unpaired) electrons. The third-order valence-electron chi connectivity index (χ3n) is 3.22. The van der Waals surface area contributed by atoms with E-state index < -0.39 is 12.0 Å². The fraction of sp³-hybridized carbons (Fsp3) is 0.500. The van der Waals surface area contributed by atoms with Crippen LogP contribution in [0, 0.1) is 6.92 Å². The molecule has 0 aromatic heterocycles. The van der Waals surface area contributed by atoms with E-state index in [0.717, 1.165) is 11.3 Å². The van der Waals surface area contributed by atoms with Crippen molar-refractivity contribution in [3.63, 3.8) is 0 Å². The molecule has 1 fully saturated rings. The summed E-state index contributed by atoms with van der Waals surface area (Å²) < 4.78 is 25.5. The number of aryl methyl sites for hydroxylation is 1. The lowest BCUT2D eigenvalue weighted by Gasteiger charge is -2.25. The van der Waals surface area contributed by atoms with Crippen molar-refractivity contribution in [3.05, 3.63) is 29.8 Å². The van der Waals surface area contributed by atoms with Gasteiger partial charge in [-0.05, 0) is 25.0 Å². The zero-order valence-electron chi connectivity index (χ0n) is 9.29. The minimum atomic E-state index is -2.46. The van der Waals surface area contributed by atoms with Crippen LogP contribution in [0.25, 0.3) is 0 Å².